The third-order valence-electron chi connectivity index (χ3n) is 4.81. The number of nitrogens with one attached hydrogen (secondary N) is 1. The molecule has 1 N–H and O–H groups in total. The van der Waals surface area contributed by atoms with Crippen LogP contribution in [0.4, 0.5) is 0 Å². The Morgan fingerprint density at radius 1 is 1.42 bits per heavy atom. The minimum Gasteiger partial charge on any atom is -0.380 e. The molecule has 0 saturated carbocycles. The van der Waals surface area contributed by atoms with Crippen molar-refractivity contribution in [2.45, 2.75) is 25.1 Å². The lowest BCUT2D eigenvalue weighted by Gasteiger charge is -2.22. The van der Waals surface area contributed by atoms with Gasteiger partial charge in [0.05, 0.1) is 29.7 Å². The number of benzene rings is 1. The van der Waals surface area contributed by atoms with Gasteiger partial charge in [0.15, 0.2) is 0 Å². The zero-order valence-corrected chi connectivity index (χ0v) is 14.5. The number of nitrogens with zero attached hydrogens (tertiary/aromatic N) is 4. The van der Waals surface area contributed by atoms with Gasteiger partial charge in [0.1, 0.15) is 11.6 Å². The number of hydrogen-bond donors (Lipinski definition) is 1. The number of aromatic nitrogens is 4. The fourth-order valence-corrected chi connectivity index (χ4v) is 3.65. The quantitative estimate of drug-likeness (QED) is 0.790. The molecule has 2 aromatic heterocycles. The van der Waals surface area contributed by atoms with Crippen LogP contribution in [0, 0.1) is 0 Å². The first-order valence-electron chi connectivity index (χ1n) is 8.02. The van der Waals surface area contributed by atoms with Crippen LogP contribution in [0.5, 0.6) is 0 Å². The Morgan fingerprint density at radius 2 is 2.29 bits per heavy atom. The van der Waals surface area contributed by atoms with Crippen LogP contribution in [0.15, 0.2) is 30.6 Å². The lowest BCUT2D eigenvalue weighted by Crippen LogP contribution is -2.26. The van der Waals surface area contributed by atoms with E-state index in [1.807, 2.05) is 31.4 Å². The summed E-state index contributed by atoms with van der Waals surface area (Å²) in [6, 6.07) is 6.02. The fraction of sp³-hybridized carbons (Fsp3) is 0.412. The van der Waals surface area contributed by atoms with Crippen LogP contribution >= 0.6 is 11.6 Å². The molecular weight excluding hydrogens is 326 g/mol. The average Bonchev–Trinajstić information content (AvgIpc) is 3.29. The van der Waals surface area contributed by atoms with Crippen molar-refractivity contribution in [2.24, 2.45) is 7.05 Å². The fourth-order valence-electron chi connectivity index (χ4n) is 3.49. The van der Waals surface area contributed by atoms with Crippen LogP contribution in [-0.2, 0) is 18.3 Å². The van der Waals surface area contributed by atoms with Gasteiger partial charge in [0.25, 0.3) is 0 Å². The first-order chi connectivity index (χ1) is 11.7. The van der Waals surface area contributed by atoms with E-state index >= 15 is 0 Å². The molecule has 1 aliphatic heterocycles. The molecule has 1 fully saturated rings. The van der Waals surface area contributed by atoms with E-state index in [4.69, 9.17) is 21.3 Å². The smallest absolute Gasteiger partial charge is 0.123 e. The zero-order valence-electron chi connectivity index (χ0n) is 13.7. The maximum Gasteiger partial charge on any atom is 0.123 e. The molecule has 0 aliphatic carbocycles. The van der Waals surface area contributed by atoms with E-state index in [0.29, 0.717) is 0 Å². The van der Waals surface area contributed by atoms with Crippen molar-refractivity contribution >= 4 is 22.6 Å². The summed E-state index contributed by atoms with van der Waals surface area (Å²) in [5.41, 5.74) is 2.02. The van der Waals surface area contributed by atoms with Crippen molar-refractivity contribution in [1.29, 1.82) is 0 Å². The van der Waals surface area contributed by atoms with Crippen molar-refractivity contribution in [3.05, 3.63) is 47.3 Å². The van der Waals surface area contributed by atoms with Gasteiger partial charge in [-0.25, -0.2) is 9.97 Å². The summed E-state index contributed by atoms with van der Waals surface area (Å²) < 4.78 is 7.70. The number of fused-ring (bicyclic) bond motifs is 1. The number of hydrogen-bond acceptors (Lipinski definition) is 4. The number of H-pyrrole nitrogens is 1. The number of aromatic amines is 1. The third-order valence-corrected chi connectivity index (χ3v) is 5.05. The highest BCUT2D eigenvalue weighted by Crippen LogP contribution is 2.33. The maximum atomic E-state index is 6.12. The van der Waals surface area contributed by atoms with Gasteiger partial charge in [-0.2, -0.15) is 0 Å². The first kappa shape index (κ1) is 15.6. The monoisotopic (exact) mass is 345 g/mol. The molecule has 2 atom stereocenters. The van der Waals surface area contributed by atoms with E-state index in [-0.39, 0.29) is 12.1 Å². The van der Waals surface area contributed by atoms with Crippen LogP contribution < -0.4 is 0 Å². The second-order valence-electron chi connectivity index (χ2n) is 6.23. The average molecular weight is 346 g/mol. The molecule has 0 bridgehead atoms. The number of imidazole rings is 2. The van der Waals surface area contributed by atoms with Crippen molar-refractivity contribution in [2.75, 3.05) is 13.7 Å². The first-order valence-corrected chi connectivity index (χ1v) is 8.40. The Morgan fingerprint density at radius 3 is 3.04 bits per heavy atom. The summed E-state index contributed by atoms with van der Waals surface area (Å²) in [4.78, 5) is 14.8. The predicted molar refractivity (Wildman–Crippen MR) is 92.9 cm³/mol. The molecule has 0 amide bonds. The molecule has 7 heteroatoms. The van der Waals surface area contributed by atoms with Gasteiger partial charge in [-0.1, -0.05) is 11.6 Å². The number of likely N-dealkylation sites (tertiary alicyclic amines) is 1. The minimum absolute atomic E-state index is 0.212. The normalized spacial score (nSPS) is 21.8. The van der Waals surface area contributed by atoms with E-state index in [9.17, 15) is 0 Å². The van der Waals surface area contributed by atoms with Crippen molar-refractivity contribution in [1.82, 2.24) is 24.4 Å². The number of aryl methyl sites for hydroxylation is 1. The van der Waals surface area contributed by atoms with Crippen LogP contribution in [0.25, 0.3) is 11.0 Å². The van der Waals surface area contributed by atoms with Crippen molar-refractivity contribution in [3.8, 4) is 0 Å². The summed E-state index contributed by atoms with van der Waals surface area (Å²) in [6.07, 6.45) is 4.80. The topological polar surface area (TPSA) is 59.0 Å². The SMILES string of the molecule is CO[C@@H]1CC(c2ncc[nH]2)N(Cc2nc3ccc(Cl)cc3n2C)C1. The second-order valence-corrected chi connectivity index (χ2v) is 6.67. The maximum absolute atomic E-state index is 6.12. The van der Waals surface area contributed by atoms with Gasteiger partial charge in [-0.05, 0) is 24.6 Å². The van der Waals surface area contributed by atoms with E-state index in [2.05, 4.69) is 19.4 Å². The molecule has 6 nitrogen and oxygen atoms in total. The Labute approximate surface area is 145 Å². The molecular formula is C17H20ClN5O. The van der Waals surface area contributed by atoms with Crippen LogP contribution in [-0.4, -0.2) is 44.2 Å². The molecule has 1 saturated heterocycles. The van der Waals surface area contributed by atoms with Gasteiger partial charge in [0.2, 0.25) is 0 Å². The molecule has 4 rings (SSSR count). The van der Waals surface area contributed by atoms with E-state index in [0.717, 1.165) is 47.2 Å². The highest BCUT2D eigenvalue weighted by molar-refractivity contribution is 6.31. The predicted octanol–water partition coefficient (Wildman–Crippen LogP) is 2.91. The summed E-state index contributed by atoms with van der Waals surface area (Å²) >= 11 is 6.12. The Balaban J connectivity index is 1.64. The molecule has 3 aromatic rings. The molecule has 3 heterocycles. The molecule has 0 radical (unpaired) electrons. The lowest BCUT2D eigenvalue weighted by molar-refractivity contribution is 0.107. The Hall–Kier alpha value is -1.89. The van der Waals surface area contributed by atoms with Crippen LogP contribution in [0.1, 0.15) is 24.1 Å². The Kier molecular flexibility index (Phi) is 4.04. The largest absolute Gasteiger partial charge is 0.380 e. The van der Waals surface area contributed by atoms with E-state index in [1.54, 1.807) is 13.3 Å². The van der Waals surface area contributed by atoms with Crippen molar-refractivity contribution in [3.63, 3.8) is 0 Å². The van der Waals surface area contributed by atoms with Crippen LogP contribution in [0.3, 0.4) is 0 Å². The number of ether oxygens (including phenoxy) is 1. The molecule has 24 heavy (non-hydrogen) atoms. The number of halogens is 1. The van der Waals surface area contributed by atoms with Gasteiger partial charge in [-0.15, -0.1) is 0 Å². The highest BCUT2D eigenvalue weighted by Gasteiger charge is 2.35. The lowest BCUT2D eigenvalue weighted by atomic mass is 10.2. The van der Waals surface area contributed by atoms with Gasteiger partial charge in [-0.3, -0.25) is 4.90 Å². The summed E-state index contributed by atoms with van der Waals surface area (Å²) in [5.74, 6) is 2.00. The zero-order chi connectivity index (χ0) is 16.7. The molecule has 1 aliphatic rings. The minimum atomic E-state index is 0.212. The molecule has 1 unspecified atom stereocenters. The highest BCUT2D eigenvalue weighted by atomic mass is 35.5. The summed E-state index contributed by atoms with van der Waals surface area (Å²) in [5, 5.41) is 0.728. The van der Waals surface area contributed by atoms with Crippen molar-refractivity contribution < 1.29 is 4.74 Å². The third kappa shape index (κ3) is 2.70. The van der Waals surface area contributed by atoms with Gasteiger partial charge in [0, 0.05) is 38.1 Å². The van der Waals surface area contributed by atoms with E-state index < -0.39 is 0 Å². The summed E-state index contributed by atoms with van der Waals surface area (Å²) in [6.45, 7) is 1.61. The second kappa shape index (κ2) is 6.20. The van der Waals surface area contributed by atoms with E-state index in [1.165, 1.54) is 0 Å². The van der Waals surface area contributed by atoms with Crippen LogP contribution in [0.2, 0.25) is 5.02 Å². The standard InChI is InChI=1S/C17H20ClN5O/c1-22-14-7-11(18)3-4-13(14)21-16(22)10-23-9-12(24-2)8-15(23)17-19-5-6-20-17/h3-7,12,15H,8-10H2,1-2H3,(H,19,20)/t12-,15?/m1/s1. The molecule has 126 valence electrons. The van der Waals surface area contributed by atoms with Gasteiger partial charge >= 0.3 is 0 Å². The molecule has 1 aromatic carbocycles. The Bertz CT molecular complexity index is 844. The molecule has 0 spiro atoms. The number of rotatable bonds is 4. The summed E-state index contributed by atoms with van der Waals surface area (Å²) in [7, 11) is 3.80. The number of methoxy groups -OCH3 is 1. The van der Waals surface area contributed by atoms with Gasteiger partial charge < -0.3 is 14.3 Å².